The first-order chi connectivity index (χ1) is 9.60. The van der Waals surface area contributed by atoms with E-state index in [4.69, 9.17) is 15.2 Å². The summed E-state index contributed by atoms with van der Waals surface area (Å²) in [5.74, 6) is 2.14. The molecule has 1 aliphatic rings. The maximum absolute atomic E-state index is 6.01. The predicted molar refractivity (Wildman–Crippen MR) is 78.2 cm³/mol. The van der Waals surface area contributed by atoms with Crippen molar-refractivity contribution in [2.75, 3.05) is 26.1 Å². The second-order valence-electron chi connectivity index (χ2n) is 5.59. The SMILES string of the molecule is COc1cc(OC)nc(NC2(CN)CCCC(C)C2)n1. The van der Waals surface area contributed by atoms with Crippen LogP contribution < -0.4 is 20.5 Å². The molecular weight excluding hydrogens is 256 g/mol. The number of nitrogens with two attached hydrogens (primary N) is 1. The first kappa shape index (κ1) is 14.8. The molecule has 0 saturated heterocycles. The number of methoxy groups -OCH3 is 2. The van der Waals surface area contributed by atoms with Crippen LogP contribution in [-0.2, 0) is 0 Å². The summed E-state index contributed by atoms with van der Waals surface area (Å²) >= 11 is 0. The topological polar surface area (TPSA) is 82.3 Å². The monoisotopic (exact) mass is 280 g/mol. The van der Waals surface area contributed by atoms with Crippen LogP contribution in [0.5, 0.6) is 11.8 Å². The average molecular weight is 280 g/mol. The van der Waals surface area contributed by atoms with E-state index in [9.17, 15) is 0 Å². The lowest BCUT2D eigenvalue weighted by Crippen LogP contribution is -2.49. The Labute approximate surface area is 120 Å². The molecule has 1 fully saturated rings. The minimum Gasteiger partial charge on any atom is -0.481 e. The van der Waals surface area contributed by atoms with Crippen molar-refractivity contribution in [3.8, 4) is 11.8 Å². The number of ether oxygens (including phenoxy) is 2. The predicted octanol–water partition coefficient (Wildman–Crippen LogP) is 1.81. The molecule has 2 rings (SSSR count). The van der Waals surface area contributed by atoms with Crippen LogP contribution in [0.25, 0.3) is 0 Å². The minimum absolute atomic E-state index is 0.130. The van der Waals surface area contributed by atoms with Gasteiger partial charge in [-0.3, -0.25) is 0 Å². The highest BCUT2D eigenvalue weighted by Crippen LogP contribution is 2.34. The van der Waals surface area contributed by atoms with Crippen LogP contribution in [0.15, 0.2) is 6.07 Å². The standard InChI is InChI=1S/C14H24N4O2/c1-10-5-4-6-14(8-10,9-15)18-13-16-11(19-2)7-12(17-13)20-3/h7,10H,4-6,8-9,15H2,1-3H3,(H,16,17,18). The first-order valence-corrected chi connectivity index (χ1v) is 7.06. The Morgan fingerprint density at radius 1 is 1.35 bits per heavy atom. The van der Waals surface area contributed by atoms with Gasteiger partial charge in [-0.25, -0.2) is 0 Å². The van der Waals surface area contributed by atoms with Gasteiger partial charge in [0.15, 0.2) is 0 Å². The number of anilines is 1. The Morgan fingerprint density at radius 3 is 2.50 bits per heavy atom. The summed E-state index contributed by atoms with van der Waals surface area (Å²) in [4.78, 5) is 8.66. The molecule has 112 valence electrons. The molecule has 0 radical (unpaired) electrons. The van der Waals surface area contributed by atoms with Crippen LogP contribution in [-0.4, -0.2) is 36.3 Å². The summed E-state index contributed by atoms with van der Waals surface area (Å²) in [5.41, 5.74) is 5.88. The van der Waals surface area contributed by atoms with Crippen LogP contribution in [0.4, 0.5) is 5.95 Å². The lowest BCUT2D eigenvalue weighted by Gasteiger charge is -2.40. The number of nitrogens with one attached hydrogen (secondary N) is 1. The van der Waals surface area contributed by atoms with E-state index in [0.29, 0.717) is 30.2 Å². The van der Waals surface area contributed by atoms with Crippen LogP contribution in [0.1, 0.15) is 32.6 Å². The van der Waals surface area contributed by atoms with E-state index in [1.807, 2.05) is 0 Å². The Hall–Kier alpha value is -1.56. The quantitative estimate of drug-likeness (QED) is 0.856. The maximum atomic E-state index is 6.01. The molecule has 1 aliphatic carbocycles. The number of rotatable bonds is 5. The van der Waals surface area contributed by atoms with Gasteiger partial charge in [-0.2, -0.15) is 9.97 Å². The van der Waals surface area contributed by atoms with E-state index in [-0.39, 0.29) is 5.54 Å². The van der Waals surface area contributed by atoms with Crippen LogP contribution in [0.2, 0.25) is 0 Å². The average Bonchev–Trinajstić information content (AvgIpc) is 2.46. The normalized spacial score (nSPS) is 26.1. The Morgan fingerprint density at radius 2 is 2.00 bits per heavy atom. The van der Waals surface area contributed by atoms with Crippen LogP contribution >= 0.6 is 0 Å². The Bertz CT molecular complexity index is 433. The second kappa shape index (κ2) is 6.26. The lowest BCUT2D eigenvalue weighted by atomic mass is 9.76. The van der Waals surface area contributed by atoms with Crippen molar-refractivity contribution in [1.82, 2.24) is 9.97 Å². The molecule has 0 aromatic carbocycles. The molecule has 0 spiro atoms. The van der Waals surface area contributed by atoms with E-state index in [1.165, 1.54) is 12.8 Å². The molecule has 20 heavy (non-hydrogen) atoms. The maximum Gasteiger partial charge on any atom is 0.229 e. The molecule has 3 N–H and O–H groups in total. The zero-order chi connectivity index (χ0) is 14.6. The van der Waals surface area contributed by atoms with Crippen LogP contribution in [0, 0.1) is 5.92 Å². The van der Waals surface area contributed by atoms with Crippen molar-refractivity contribution in [2.45, 2.75) is 38.1 Å². The van der Waals surface area contributed by atoms with Gasteiger partial charge >= 0.3 is 0 Å². The van der Waals surface area contributed by atoms with Crippen molar-refractivity contribution < 1.29 is 9.47 Å². The number of nitrogens with zero attached hydrogens (tertiary/aromatic N) is 2. The molecule has 6 heteroatoms. The second-order valence-corrected chi connectivity index (χ2v) is 5.59. The fraction of sp³-hybridized carbons (Fsp3) is 0.714. The third-order valence-electron chi connectivity index (χ3n) is 3.96. The van der Waals surface area contributed by atoms with Gasteiger partial charge in [0.25, 0.3) is 0 Å². The summed E-state index contributed by atoms with van der Waals surface area (Å²) in [6.45, 7) is 2.83. The molecule has 0 amide bonds. The van der Waals surface area contributed by atoms with Crippen molar-refractivity contribution in [1.29, 1.82) is 0 Å². The molecular formula is C14H24N4O2. The van der Waals surface area contributed by atoms with Gasteiger partial charge in [-0.1, -0.05) is 19.8 Å². The van der Waals surface area contributed by atoms with Gasteiger partial charge in [0.1, 0.15) is 0 Å². The van der Waals surface area contributed by atoms with E-state index in [0.717, 1.165) is 12.8 Å². The summed E-state index contributed by atoms with van der Waals surface area (Å²) in [6.07, 6.45) is 4.50. The Balaban J connectivity index is 2.22. The van der Waals surface area contributed by atoms with E-state index < -0.39 is 0 Å². The van der Waals surface area contributed by atoms with Gasteiger partial charge in [-0.05, 0) is 18.8 Å². The molecule has 2 unspecified atom stereocenters. The molecule has 1 aromatic heterocycles. The van der Waals surface area contributed by atoms with E-state index in [1.54, 1.807) is 20.3 Å². The van der Waals surface area contributed by atoms with Gasteiger partial charge in [0.2, 0.25) is 17.7 Å². The van der Waals surface area contributed by atoms with Crippen molar-refractivity contribution in [2.24, 2.45) is 11.7 Å². The molecule has 6 nitrogen and oxygen atoms in total. The van der Waals surface area contributed by atoms with E-state index >= 15 is 0 Å². The van der Waals surface area contributed by atoms with E-state index in [2.05, 4.69) is 22.2 Å². The highest BCUT2D eigenvalue weighted by Gasteiger charge is 2.34. The third-order valence-corrected chi connectivity index (χ3v) is 3.96. The van der Waals surface area contributed by atoms with Gasteiger partial charge in [0, 0.05) is 6.54 Å². The highest BCUT2D eigenvalue weighted by molar-refractivity contribution is 5.37. The molecule has 1 saturated carbocycles. The summed E-state index contributed by atoms with van der Waals surface area (Å²) < 4.78 is 10.3. The summed E-state index contributed by atoms with van der Waals surface area (Å²) in [7, 11) is 3.15. The Kier molecular flexibility index (Phi) is 4.65. The number of aromatic nitrogens is 2. The first-order valence-electron chi connectivity index (χ1n) is 7.06. The molecule has 1 heterocycles. The third kappa shape index (κ3) is 3.30. The lowest BCUT2D eigenvalue weighted by molar-refractivity contribution is 0.262. The largest absolute Gasteiger partial charge is 0.481 e. The summed E-state index contributed by atoms with van der Waals surface area (Å²) in [6, 6.07) is 1.66. The zero-order valence-electron chi connectivity index (χ0n) is 12.5. The molecule has 0 bridgehead atoms. The smallest absolute Gasteiger partial charge is 0.229 e. The van der Waals surface area contributed by atoms with Crippen molar-refractivity contribution in [3.63, 3.8) is 0 Å². The minimum atomic E-state index is -0.130. The molecule has 1 aromatic rings. The molecule has 2 atom stereocenters. The fourth-order valence-corrected chi connectivity index (χ4v) is 2.92. The number of hydrogen-bond acceptors (Lipinski definition) is 6. The fourth-order valence-electron chi connectivity index (χ4n) is 2.92. The summed E-state index contributed by atoms with van der Waals surface area (Å²) in [5, 5.41) is 3.42. The van der Waals surface area contributed by atoms with Crippen molar-refractivity contribution in [3.05, 3.63) is 6.07 Å². The van der Waals surface area contributed by atoms with Crippen molar-refractivity contribution >= 4 is 5.95 Å². The zero-order valence-corrected chi connectivity index (χ0v) is 12.5. The highest BCUT2D eigenvalue weighted by atomic mass is 16.5. The van der Waals surface area contributed by atoms with Crippen LogP contribution in [0.3, 0.4) is 0 Å². The number of hydrogen-bond donors (Lipinski definition) is 2. The van der Waals surface area contributed by atoms with Gasteiger partial charge in [0.05, 0.1) is 25.8 Å². The van der Waals surface area contributed by atoms with Gasteiger partial charge in [-0.15, -0.1) is 0 Å². The molecule has 0 aliphatic heterocycles. The van der Waals surface area contributed by atoms with Gasteiger partial charge < -0.3 is 20.5 Å².